The van der Waals surface area contributed by atoms with E-state index in [-0.39, 0.29) is 25.4 Å². The number of para-hydroxylation sites is 2. The van der Waals surface area contributed by atoms with Crippen LogP contribution in [0.5, 0.6) is 0 Å². The van der Waals surface area contributed by atoms with Gasteiger partial charge in [-0.2, -0.15) is 0 Å². The lowest BCUT2D eigenvalue weighted by molar-refractivity contribution is -0.127. The number of benzene rings is 2. The molecular weight excluding hydrogens is 439 g/mol. The van der Waals surface area contributed by atoms with Crippen molar-refractivity contribution in [2.45, 2.75) is 12.6 Å². The average Bonchev–Trinajstić information content (AvgIpc) is 3.26. The standard InChI is InChI=1S/C24H23FN6O3/c1-34-15-14-27-24(33)23(17-10-12-26-13-11-17)31(20-8-4-2-6-18(20)25)22(32)16-30-21-9-5-3-7-19(21)28-29-30/h2-13,23H,14-16H2,1H3,(H,27,33). The predicted octanol–water partition coefficient (Wildman–Crippen LogP) is 2.50. The summed E-state index contributed by atoms with van der Waals surface area (Å²) >= 11 is 0. The van der Waals surface area contributed by atoms with Gasteiger partial charge >= 0.3 is 0 Å². The first-order valence-corrected chi connectivity index (χ1v) is 10.6. The van der Waals surface area contributed by atoms with Crippen LogP contribution in [0.25, 0.3) is 11.0 Å². The molecule has 2 heterocycles. The normalized spacial score (nSPS) is 11.8. The number of carbonyl (C=O) groups excluding carboxylic acids is 2. The van der Waals surface area contributed by atoms with E-state index in [1.165, 1.54) is 42.4 Å². The largest absolute Gasteiger partial charge is 0.383 e. The smallest absolute Gasteiger partial charge is 0.249 e. The van der Waals surface area contributed by atoms with E-state index in [2.05, 4.69) is 20.6 Å². The Morgan fingerprint density at radius 1 is 1.09 bits per heavy atom. The van der Waals surface area contributed by atoms with Crippen molar-refractivity contribution in [3.8, 4) is 0 Å². The summed E-state index contributed by atoms with van der Waals surface area (Å²) < 4.78 is 21.4. The van der Waals surface area contributed by atoms with Gasteiger partial charge in [-0.3, -0.25) is 19.5 Å². The molecule has 0 spiro atoms. The molecule has 1 N–H and O–H groups in total. The van der Waals surface area contributed by atoms with Gasteiger partial charge in [-0.1, -0.05) is 29.5 Å². The summed E-state index contributed by atoms with van der Waals surface area (Å²) in [6, 6.07) is 15.1. The van der Waals surface area contributed by atoms with Crippen LogP contribution in [-0.4, -0.2) is 52.1 Å². The van der Waals surface area contributed by atoms with Gasteiger partial charge in [-0.25, -0.2) is 9.07 Å². The molecule has 0 radical (unpaired) electrons. The number of hydrogen-bond acceptors (Lipinski definition) is 6. The first-order chi connectivity index (χ1) is 16.6. The molecule has 0 aliphatic carbocycles. The van der Waals surface area contributed by atoms with E-state index < -0.39 is 23.7 Å². The maximum Gasteiger partial charge on any atom is 0.249 e. The molecule has 1 unspecified atom stereocenters. The fourth-order valence-corrected chi connectivity index (χ4v) is 3.64. The third kappa shape index (κ3) is 4.91. The molecule has 2 aromatic heterocycles. The van der Waals surface area contributed by atoms with E-state index in [0.717, 1.165) is 4.90 Å². The van der Waals surface area contributed by atoms with Gasteiger partial charge in [0.1, 0.15) is 23.9 Å². The van der Waals surface area contributed by atoms with E-state index in [9.17, 15) is 14.0 Å². The van der Waals surface area contributed by atoms with E-state index >= 15 is 0 Å². The summed E-state index contributed by atoms with van der Waals surface area (Å²) in [5.74, 6) is -1.66. The predicted molar refractivity (Wildman–Crippen MR) is 123 cm³/mol. The number of rotatable bonds is 9. The molecule has 0 aliphatic heterocycles. The zero-order valence-electron chi connectivity index (χ0n) is 18.5. The van der Waals surface area contributed by atoms with Gasteiger partial charge in [0, 0.05) is 26.0 Å². The highest BCUT2D eigenvalue weighted by molar-refractivity contribution is 6.01. The van der Waals surface area contributed by atoms with Gasteiger partial charge < -0.3 is 10.1 Å². The van der Waals surface area contributed by atoms with Gasteiger partial charge in [0.05, 0.1) is 17.8 Å². The van der Waals surface area contributed by atoms with E-state index in [4.69, 9.17) is 4.74 Å². The van der Waals surface area contributed by atoms with Gasteiger partial charge in [-0.05, 0) is 42.0 Å². The summed E-state index contributed by atoms with van der Waals surface area (Å²) in [7, 11) is 1.52. The molecule has 34 heavy (non-hydrogen) atoms. The maximum absolute atomic E-state index is 15.0. The van der Waals surface area contributed by atoms with Crippen LogP contribution in [0.4, 0.5) is 10.1 Å². The minimum atomic E-state index is -1.15. The maximum atomic E-state index is 15.0. The molecule has 4 aromatic rings. The zero-order valence-corrected chi connectivity index (χ0v) is 18.5. The first kappa shape index (κ1) is 23.0. The Kier molecular flexibility index (Phi) is 7.19. The number of methoxy groups -OCH3 is 1. The Labute approximate surface area is 195 Å². The van der Waals surface area contributed by atoms with Crippen LogP contribution in [0, 0.1) is 5.82 Å². The first-order valence-electron chi connectivity index (χ1n) is 10.6. The highest BCUT2D eigenvalue weighted by Crippen LogP contribution is 2.30. The fraction of sp³-hybridized carbons (Fsp3) is 0.208. The van der Waals surface area contributed by atoms with Gasteiger partial charge in [0.25, 0.3) is 0 Å². The molecule has 0 saturated carbocycles. The molecule has 4 rings (SSSR count). The van der Waals surface area contributed by atoms with Crippen LogP contribution in [0.1, 0.15) is 11.6 Å². The molecule has 1 atom stereocenters. The Morgan fingerprint density at radius 2 is 1.82 bits per heavy atom. The van der Waals surface area contributed by atoms with Crippen molar-refractivity contribution in [1.29, 1.82) is 0 Å². The highest BCUT2D eigenvalue weighted by atomic mass is 19.1. The van der Waals surface area contributed by atoms with Crippen LogP contribution in [0.3, 0.4) is 0 Å². The summed E-state index contributed by atoms with van der Waals surface area (Å²) in [6.07, 6.45) is 3.03. The molecule has 0 aliphatic rings. The lowest BCUT2D eigenvalue weighted by Crippen LogP contribution is -2.46. The van der Waals surface area contributed by atoms with Gasteiger partial charge in [0.2, 0.25) is 11.8 Å². The number of hydrogen-bond donors (Lipinski definition) is 1. The number of anilines is 1. The van der Waals surface area contributed by atoms with Crippen LogP contribution < -0.4 is 10.2 Å². The van der Waals surface area contributed by atoms with Crippen molar-refractivity contribution < 1.29 is 18.7 Å². The number of carbonyl (C=O) groups is 2. The zero-order chi connectivity index (χ0) is 23.9. The molecule has 2 aromatic carbocycles. The number of amides is 2. The molecule has 174 valence electrons. The lowest BCUT2D eigenvalue weighted by atomic mass is 10.0. The van der Waals surface area contributed by atoms with Crippen LogP contribution in [-0.2, 0) is 20.9 Å². The van der Waals surface area contributed by atoms with Crippen molar-refractivity contribution in [3.05, 3.63) is 84.4 Å². The number of halogens is 1. The van der Waals surface area contributed by atoms with E-state index in [1.807, 2.05) is 12.1 Å². The molecule has 0 saturated heterocycles. The monoisotopic (exact) mass is 462 g/mol. The van der Waals surface area contributed by atoms with Crippen molar-refractivity contribution >= 4 is 28.5 Å². The molecule has 2 amide bonds. The molecule has 9 nitrogen and oxygen atoms in total. The molecule has 10 heteroatoms. The highest BCUT2D eigenvalue weighted by Gasteiger charge is 2.34. The van der Waals surface area contributed by atoms with Crippen molar-refractivity contribution in [2.24, 2.45) is 0 Å². The lowest BCUT2D eigenvalue weighted by Gasteiger charge is -2.31. The Morgan fingerprint density at radius 3 is 2.59 bits per heavy atom. The average molecular weight is 462 g/mol. The SMILES string of the molecule is COCCNC(=O)C(c1ccncc1)N(C(=O)Cn1nnc2ccccc21)c1ccccc1F. The van der Waals surface area contributed by atoms with Crippen molar-refractivity contribution in [3.63, 3.8) is 0 Å². The number of fused-ring (bicyclic) bond motifs is 1. The summed E-state index contributed by atoms with van der Waals surface area (Å²) in [5, 5.41) is 10.9. The van der Waals surface area contributed by atoms with Crippen LogP contribution in [0.15, 0.2) is 73.1 Å². The minimum absolute atomic E-state index is 0.0272. The van der Waals surface area contributed by atoms with E-state index in [0.29, 0.717) is 16.6 Å². The summed E-state index contributed by atoms with van der Waals surface area (Å²) in [4.78, 5) is 32.2. The third-order valence-electron chi connectivity index (χ3n) is 5.22. The number of ether oxygens (including phenoxy) is 1. The second-order valence-corrected chi connectivity index (χ2v) is 7.42. The van der Waals surface area contributed by atoms with Crippen LogP contribution in [0.2, 0.25) is 0 Å². The third-order valence-corrected chi connectivity index (χ3v) is 5.22. The summed E-state index contributed by atoms with van der Waals surface area (Å²) in [6.45, 7) is 0.263. The number of aromatic nitrogens is 4. The Balaban J connectivity index is 1.77. The quantitative estimate of drug-likeness (QED) is 0.384. The number of nitrogens with zero attached hydrogens (tertiary/aromatic N) is 5. The van der Waals surface area contributed by atoms with Crippen molar-refractivity contribution in [1.82, 2.24) is 25.3 Å². The summed E-state index contributed by atoms with van der Waals surface area (Å²) in [5.41, 5.74) is 1.72. The fourth-order valence-electron chi connectivity index (χ4n) is 3.64. The van der Waals surface area contributed by atoms with Gasteiger partial charge in [0.15, 0.2) is 0 Å². The minimum Gasteiger partial charge on any atom is -0.383 e. The topological polar surface area (TPSA) is 102 Å². The molecule has 0 bridgehead atoms. The van der Waals surface area contributed by atoms with E-state index in [1.54, 1.807) is 30.3 Å². The molecular formula is C24H23FN6O3. The Bertz CT molecular complexity index is 1280. The van der Waals surface area contributed by atoms with Gasteiger partial charge in [-0.15, -0.1) is 5.10 Å². The second kappa shape index (κ2) is 10.6. The molecule has 0 fully saturated rings. The van der Waals surface area contributed by atoms with Crippen molar-refractivity contribution in [2.75, 3.05) is 25.2 Å². The number of nitrogens with one attached hydrogen (secondary N) is 1. The van der Waals surface area contributed by atoms with Crippen LogP contribution >= 0.6 is 0 Å². The second-order valence-electron chi connectivity index (χ2n) is 7.42. The number of pyridine rings is 1. The Hall–Kier alpha value is -4.18.